The lowest BCUT2D eigenvalue weighted by Gasteiger charge is -2.07. The maximum Gasteiger partial charge on any atom is 0.356 e. The maximum absolute atomic E-state index is 11.8. The molecule has 0 bridgehead atoms. The molecule has 1 aromatic carbocycles. The van der Waals surface area contributed by atoms with Gasteiger partial charge < -0.3 is 9.15 Å². The van der Waals surface area contributed by atoms with Crippen LogP contribution < -0.4 is 0 Å². The molecule has 6 nitrogen and oxygen atoms in total. The van der Waals surface area contributed by atoms with Crippen molar-refractivity contribution in [3.8, 4) is 5.69 Å². The number of nitrogens with zero attached hydrogens (tertiary/aromatic N) is 3. The van der Waals surface area contributed by atoms with Crippen LogP contribution in [0.1, 0.15) is 21.6 Å². The molecule has 4 rings (SSSR count). The third-order valence-corrected chi connectivity index (χ3v) is 3.98. The summed E-state index contributed by atoms with van der Waals surface area (Å²) in [5.74, 6) is -0.460. The summed E-state index contributed by atoms with van der Waals surface area (Å²) in [6.07, 6.45) is 5.83. The van der Waals surface area contributed by atoms with E-state index in [2.05, 4.69) is 10.1 Å². The van der Waals surface area contributed by atoms with Gasteiger partial charge in [-0.1, -0.05) is 12.1 Å². The number of methoxy groups -OCH3 is 1. The van der Waals surface area contributed by atoms with Crippen LogP contribution >= 0.6 is 0 Å². The molecule has 0 aliphatic carbocycles. The summed E-state index contributed by atoms with van der Waals surface area (Å²) in [5, 5.41) is 4.22. The summed E-state index contributed by atoms with van der Waals surface area (Å²) in [6.45, 7) is 0. The minimum Gasteiger partial charge on any atom is -0.464 e. The molecule has 0 aliphatic heterocycles. The summed E-state index contributed by atoms with van der Waals surface area (Å²) in [4.78, 5) is 16.1. The van der Waals surface area contributed by atoms with Crippen LogP contribution in [0.3, 0.4) is 0 Å². The van der Waals surface area contributed by atoms with Crippen molar-refractivity contribution in [1.29, 1.82) is 0 Å². The van der Waals surface area contributed by atoms with Crippen LogP contribution in [0.25, 0.3) is 16.8 Å². The number of hydrogen-bond acceptors (Lipinski definition) is 5. The summed E-state index contributed by atoms with van der Waals surface area (Å²) in [7, 11) is 1.34. The average Bonchev–Trinajstić information content (AvgIpc) is 3.33. The molecule has 4 aromatic rings. The van der Waals surface area contributed by atoms with Gasteiger partial charge in [-0.25, -0.2) is 14.5 Å². The molecule has 0 aliphatic rings. The molecule has 6 heteroatoms. The largest absolute Gasteiger partial charge is 0.464 e. The van der Waals surface area contributed by atoms with Crippen molar-refractivity contribution in [3.63, 3.8) is 0 Å². The van der Waals surface area contributed by atoms with Gasteiger partial charge in [-0.2, -0.15) is 5.10 Å². The summed E-state index contributed by atoms with van der Waals surface area (Å²) >= 11 is 0. The van der Waals surface area contributed by atoms with E-state index in [1.807, 2.05) is 36.5 Å². The smallest absolute Gasteiger partial charge is 0.356 e. The molecule has 0 saturated carbocycles. The minimum absolute atomic E-state index is 0.277. The van der Waals surface area contributed by atoms with Crippen molar-refractivity contribution in [2.24, 2.45) is 0 Å². The Morgan fingerprint density at radius 3 is 2.80 bits per heavy atom. The van der Waals surface area contributed by atoms with Crippen LogP contribution in [0.2, 0.25) is 0 Å². The molecular formula is C19H15N3O3. The highest BCUT2D eigenvalue weighted by atomic mass is 16.5. The van der Waals surface area contributed by atoms with Gasteiger partial charge in [-0.05, 0) is 29.8 Å². The van der Waals surface area contributed by atoms with Gasteiger partial charge in [-0.3, -0.25) is 0 Å². The van der Waals surface area contributed by atoms with E-state index in [0.29, 0.717) is 17.5 Å². The van der Waals surface area contributed by atoms with Crippen molar-refractivity contribution in [3.05, 3.63) is 77.9 Å². The molecular weight excluding hydrogens is 318 g/mol. The van der Waals surface area contributed by atoms with E-state index in [1.54, 1.807) is 29.3 Å². The van der Waals surface area contributed by atoms with Crippen molar-refractivity contribution >= 4 is 17.1 Å². The number of rotatable bonds is 4. The Bertz CT molecular complexity index is 1020. The Balaban J connectivity index is 1.68. The fourth-order valence-corrected chi connectivity index (χ4v) is 2.77. The Kier molecular flexibility index (Phi) is 3.78. The number of carbonyl (C=O) groups is 1. The number of aromatic nitrogens is 3. The van der Waals surface area contributed by atoms with E-state index in [9.17, 15) is 4.79 Å². The second-order valence-corrected chi connectivity index (χ2v) is 5.59. The molecule has 124 valence electrons. The van der Waals surface area contributed by atoms with Crippen LogP contribution in [-0.2, 0) is 11.2 Å². The van der Waals surface area contributed by atoms with E-state index in [0.717, 1.165) is 16.8 Å². The molecule has 25 heavy (non-hydrogen) atoms. The van der Waals surface area contributed by atoms with Gasteiger partial charge in [0.2, 0.25) is 0 Å². The molecule has 0 N–H and O–H groups in total. The Morgan fingerprint density at radius 1 is 1.24 bits per heavy atom. The number of pyridine rings is 1. The van der Waals surface area contributed by atoms with E-state index in [-0.39, 0.29) is 5.69 Å². The van der Waals surface area contributed by atoms with E-state index < -0.39 is 5.97 Å². The van der Waals surface area contributed by atoms with E-state index >= 15 is 0 Å². The lowest BCUT2D eigenvalue weighted by Crippen LogP contribution is -2.05. The molecule has 0 amide bonds. The molecule has 0 spiro atoms. The Morgan fingerprint density at radius 2 is 2.08 bits per heavy atom. The monoisotopic (exact) mass is 333 g/mol. The second kappa shape index (κ2) is 6.24. The summed E-state index contributed by atoms with van der Waals surface area (Å²) < 4.78 is 12.1. The van der Waals surface area contributed by atoms with Crippen LogP contribution in [0, 0.1) is 0 Å². The predicted molar refractivity (Wildman–Crippen MR) is 91.7 cm³/mol. The fourth-order valence-electron chi connectivity index (χ4n) is 2.77. The van der Waals surface area contributed by atoms with Crippen LogP contribution in [-0.4, -0.2) is 27.8 Å². The Hall–Kier alpha value is -3.41. The lowest BCUT2D eigenvalue weighted by molar-refractivity contribution is 0.0594. The van der Waals surface area contributed by atoms with Crippen molar-refractivity contribution in [2.75, 3.05) is 7.11 Å². The lowest BCUT2D eigenvalue weighted by atomic mass is 10.0. The summed E-state index contributed by atoms with van der Waals surface area (Å²) in [6, 6.07) is 13.4. The predicted octanol–water partition coefficient (Wildman–Crippen LogP) is 3.39. The number of benzene rings is 1. The van der Waals surface area contributed by atoms with Gasteiger partial charge >= 0.3 is 5.97 Å². The molecule has 3 aromatic heterocycles. The van der Waals surface area contributed by atoms with Crippen molar-refractivity contribution in [1.82, 2.24) is 14.8 Å². The zero-order chi connectivity index (χ0) is 17.2. The molecule has 3 heterocycles. The van der Waals surface area contributed by atoms with Gasteiger partial charge in [-0.15, -0.1) is 0 Å². The number of fused-ring (bicyclic) bond motifs is 1. The van der Waals surface area contributed by atoms with Crippen LogP contribution in [0.15, 0.2) is 65.5 Å². The van der Waals surface area contributed by atoms with Crippen molar-refractivity contribution < 1.29 is 13.9 Å². The number of furan rings is 1. The topological polar surface area (TPSA) is 70.2 Å². The second-order valence-electron chi connectivity index (χ2n) is 5.59. The first-order chi connectivity index (χ1) is 12.2. The number of esters is 1. The minimum atomic E-state index is -0.460. The highest BCUT2D eigenvalue weighted by Crippen LogP contribution is 2.23. The van der Waals surface area contributed by atoms with Gasteiger partial charge in [0.15, 0.2) is 5.58 Å². The van der Waals surface area contributed by atoms with Gasteiger partial charge in [0.25, 0.3) is 0 Å². The molecule has 0 radical (unpaired) electrons. The normalized spacial score (nSPS) is 10.9. The first-order valence-corrected chi connectivity index (χ1v) is 7.79. The highest BCUT2D eigenvalue weighted by Gasteiger charge is 2.14. The van der Waals surface area contributed by atoms with Gasteiger partial charge in [0.1, 0.15) is 11.2 Å². The first kappa shape index (κ1) is 15.1. The van der Waals surface area contributed by atoms with E-state index in [4.69, 9.17) is 9.15 Å². The first-order valence-electron chi connectivity index (χ1n) is 7.79. The maximum atomic E-state index is 11.8. The molecule has 0 atom stereocenters. The third-order valence-electron chi connectivity index (χ3n) is 3.98. The van der Waals surface area contributed by atoms with Gasteiger partial charge in [0, 0.05) is 30.4 Å². The zero-order valence-electron chi connectivity index (χ0n) is 13.5. The quantitative estimate of drug-likeness (QED) is 0.535. The van der Waals surface area contributed by atoms with Crippen molar-refractivity contribution in [2.45, 2.75) is 6.42 Å². The average molecular weight is 333 g/mol. The van der Waals surface area contributed by atoms with Gasteiger partial charge in [0.05, 0.1) is 19.1 Å². The molecule has 0 unspecified atom stereocenters. The van der Waals surface area contributed by atoms with E-state index in [1.165, 1.54) is 7.11 Å². The standard InChI is InChI=1S/C19H15N3O3/c1-24-19(23)17-12-14(18-16(21-17)7-10-25-18)11-13-3-5-15(6-4-13)22-9-2-8-20-22/h2-10,12H,11H2,1H3. The number of ether oxygens (including phenoxy) is 1. The van der Waals surface area contributed by atoms with Crippen LogP contribution in [0.5, 0.6) is 0 Å². The third kappa shape index (κ3) is 2.89. The highest BCUT2D eigenvalue weighted by molar-refractivity contribution is 5.91. The fraction of sp³-hybridized carbons (Fsp3) is 0.105. The molecule has 0 saturated heterocycles. The Labute approximate surface area is 143 Å². The SMILES string of the molecule is COC(=O)c1cc(Cc2ccc(-n3cccn3)cc2)c2occc2n1. The number of hydrogen-bond donors (Lipinski definition) is 0. The summed E-state index contributed by atoms with van der Waals surface area (Å²) in [5.41, 5.74) is 4.58. The zero-order valence-corrected chi connectivity index (χ0v) is 13.5. The van der Waals surface area contributed by atoms with Crippen LogP contribution in [0.4, 0.5) is 0 Å². The number of carbonyl (C=O) groups excluding carboxylic acids is 1. The molecule has 0 fully saturated rings.